The Hall–Kier alpha value is -1.35. The SMILES string of the molecule is CCc1ccc(CN(C)C(=O)[C@@H](N)C(C)CC)cc1. The van der Waals surface area contributed by atoms with E-state index in [1.807, 2.05) is 14.0 Å². The predicted octanol–water partition coefficient (Wildman–Crippen LogP) is 2.58. The van der Waals surface area contributed by atoms with Gasteiger partial charge in [-0.05, 0) is 23.5 Å². The monoisotopic (exact) mass is 262 g/mol. The van der Waals surface area contributed by atoms with Crippen LogP contribution >= 0.6 is 0 Å². The average molecular weight is 262 g/mol. The van der Waals surface area contributed by atoms with Gasteiger partial charge in [-0.2, -0.15) is 0 Å². The van der Waals surface area contributed by atoms with Crippen molar-refractivity contribution in [2.24, 2.45) is 11.7 Å². The molecule has 0 bridgehead atoms. The molecule has 1 amide bonds. The third-order valence-electron chi connectivity index (χ3n) is 3.77. The third-order valence-corrected chi connectivity index (χ3v) is 3.77. The van der Waals surface area contributed by atoms with Crippen LogP contribution < -0.4 is 5.73 Å². The highest BCUT2D eigenvalue weighted by atomic mass is 16.2. The molecular formula is C16H26N2O. The zero-order valence-electron chi connectivity index (χ0n) is 12.5. The van der Waals surface area contributed by atoms with Crippen molar-refractivity contribution in [2.75, 3.05) is 7.05 Å². The summed E-state index contributed by atoms with van der Waals surface area (Å²) in [7, 11) is 1.82. The molecule has 19 heavy (non-hydrogen) atoms. The van der Waals surface area contributed by atoms with Gasteiger partial charge in [-0.3, -0.25) is 4.79 Å². The Morgan fingerprint density at radius 3 is 2.21 bits per heavy atom. The number of amides is 1. The summed E-state index contributed by atoms with van der Waals surface area (Å²) >= 11 is 0. The van der Waals surface area contributed by atoms with E-state index in [2.05, 4.69) is 38.1 Å². The Balaban J connectivity index is 2.62. The first kappa shape index (κ1) is 15.7. The van der Waals surface area contributed by atoms with Crippen LogP contribution in [-0.4, -0.2) is 23.9 Å². The number of likely N-dealkylation sites (N-methyl/N-ethyl adjacent to an activating group) is 1. The maximum absolute atomic E-state index is 12.2. The zero-order chi connectivity index (χ0) is 14.4. The highest BCUT2D eigenvalue weighted by Gasteiger charge is 2.22. The van der Waals surface area contributed by atoms with Crippen molar-refractivity contribution < 1.29 is 4.79 Å². The zero-order valence-corrected chi connectivity index (χ0v) is 12.5. The largest absolute Gasteiger partial charge is 0.340 e. The molecule has 0 saturated heterocycles. The van der Waals surface area contributed by atoms with Crippen molar-refractivity contribution in [3.63, 3.8) is 0 Å². The summed E-state index contributed by atoms with van der Waals surface area (Å²) in [5.41, 5.74) is 8.44. The fourth-order valence-electron chi connectivity index (χ4n) is 1.98. The van der Waals surface area contributed by atoms with Gasteiger partial charge in [0.2, 0.25) is 5.91 Å². The van der Waals surface area contributed by atoms with Crippen molar-refractivity contribution in [1.29, 1.82) is 0 Å². The van der Waals surface area contributed by atoms with Crippen LogP contribution in [0.3, 0.4) is 0 Å². The van der Waals surface area contributed by atoms with Crippen LogP contribution in [0.15, 0.2) is 24.3 Å². The van der Waals surface area contributed by atoms with Gasteiger partial charge in [0.1, 0.15) is 0 Å². The molecule has 1 unspecified atom stereocenters. The van der Waals surface area contributed by atoms with E-state index >= 15 is 0 Å². The van der Waals surface area contributed by atoms with E-state index in [1.165, 1.54) is 5.56 Å². The highest BCUT2D eigenvalue weighted by molar-refractivity contribution is 5.81. The number of hydrogen-bond acceptors (Lipinski definition) is 2. The van der Waals surface area contributed by atoms with E-state index in [9.17, 15) is 4.79 Å². The number of hydrogen-bond donors (Lipinski definition) is 1. The molecule has 0 fully saturated rings. The molecule has 0 spiro atoms. The molecule has 106 valence electrons. The number of carbonyl (C=O) groups excluding carboxylic acids is 1. The summed E-state index contributed by atoms with van der Waals surface area (Å²) in [5, 5.41) is 0. The molecule has 3 heteroatoms. The summed E-state index contributed by atoms with van der Waals surface area (Å²) in [6, 6.07) is 7.99. The molecule has 1 aromatic carbocycles. The van der Waals surface area contributed by atoms with Gasteiger partial charge in [0.25, 0.3) is 0 Å². The molecule has 0 aliphatic carbocycles. The Morgan fingerprint density at radius 2 is 1.74 bits per heavy atom. The summed E-state index contributed by atoms with van der Waals surface area (Å²) in [4.78, 5) is 13.9. The first-order valence-electron chi connectivity index (χ1n) is 7.07. The average Bonchev–Trinajstić information content (AvgIpc) is 2.45. The maximum Gasteiger partial charge on any atom is 0.239 e. The molecule has 1 rings (SSSR count). The van der Waals surface area contributed by atoms with Crippen LogP contribution in [0.1, 0.15) is 38.3 Å². The number of aryl methyl sites for hydroxylation is 1. The predicted molar refractivity (Wildman–Crippen MR) is 79.7 cm³/mol. The van der Waals surface area contributed by atoms with Crippen LogP contribution in [0.4, 0.5) is 0 Å². The van der Waals surface area contributed by atoms with Crippen LogP contribution in [0.5, 0.6) is 0 Å². The molecule has 3 nitrogen and oxygen atoms in total. The van der Waals surface area contributed by atoms with Gasteiger partial charge >= 0.3 is 0 Å². The van der Waals surface area contributed by atoms with Crippen molar-refractivity contribution in [1.82, 2.24) is 4.90 Å². The van der Waals surface area contributed by atoms with Crippen LogP contribution in [0.2, 0.25) is 0 Å². The second kappa shape index (κ2) is 7.29. The number of nitrogens with zero attached hydrogens (tertiary/aromatic N) is 1. The molecule has 2 N–H and O–H groups in total. The molecule has 1 aromatic rings. The van der Waals surface area contributed by atoms with E-state index in [0.29, 0.717) is 6.54 Å². The van der Waals surface area contributed by atoms with Crippen molar-refractivity contribution in [2.45, 2.75) is 46.2 Å². The number of nitrogens with two attached hydrogens (primary N) is 1. The minimum absolute atomic E-state index is 0.0221. The highest BCUT2D eigenvalue weighted by Crippen LogP contribution is 2.11. The third kappa shape index (κ3) is 4.35. The topological polar surface area (TPSA) is 46.3 Å². The number of carbonyl (C=O) groups is 1. The van der Waals surface area contributed by atoms with E-state index in [4.69, 9.17) is 5.73 Å². The van der Waals surface area contributed by atoms with Crippen molar-refractivity contribution >= 4 is 5.91 Å². The lowest BCUT2D eigenvalue weighted by molar-refractivity contribution is -0.132. The normalized spacial score (nSPS) is 13.9. The number of rotatable bonds is 6. The summed E-state index contributed by atoms with van der Waals surface area (Å²) in [6.45, 7) is 6.83. The smallest absolute Gasteiger partial charge is 0.239 e. The van der Waals surface area contributed by atoms with Crippen molar-refractivity contribution in [3.05, 3.63) is 35.4 Å². The minimum Gasteiger partial charge on any atom is -0.340 e. The first-order chi connectivity index (χ1) is 8.99. The molecule has 0 aliphatic heterocycles. The quantitative estimate of drug-likeness (QED) is 0.856. The fourth-order valence-corrected chi connectivity index (χ4v) is 1.98. The first-order valence-corrected chi connectivity index (χ1v) is 7.07. The van der Waals surface area contributed by atoms with Gasteiger partial charge in [0.05, 0.1) is 6.04 Å². The van der Waals surface area contributed by atoms with Crippen molar-refractivity contribution in [3.8, 4) is 0 Å². The minimum atomic E-state index is -0.398. The van der Waals surface area contributed by atoms with Gasteiger partial charge in [-0.15, -0.1) is 0 Å². The lowest BCUT2D eigenvalue weighted by atomic mass is 9.99. The lowest BCUT2D eigenvalue weighted by Gasteiger charge is -2.24. The van der Waals surface area contributed by atoms with E-state index in [-0.39, 0.29) is 11.8 Å². The van der Waals surface area contributed by atoms with Crippen LogP contribution in [0.25, 0.3) is 0 Å². The molecule has 0 radical (unpaired) electrons. The standard InChI is InChI=1S/C16H26N2O/c1-5-12(3)15(17)16(19)18(4)11-14-9-7-13(6-2)8-10-14/h7-10,12,15H,5-6,11,17H2,1-4H3/t12?,15-/m0/s1. The molecule has 0 saturated carbocycles. The molecular weight excluding hydrogens is 236 g/mol. The van der Waals surface area contributed by atoms with Gasteiger partial charge < -0.3 is 10.6 Å². The van der Waals surface area contributed by atoms with Gasteiger partial charge in [-0.25, -0.2) is 0 Å². The summed E-state index contributed by atoms with van der Waals surface area (Å²) in [6.07, 6.45) is 1.96. The van der Waals surface area contributed by atoms with Gasteiger partial charge in [-0.1, -0.05) is 51.5 Å². The molecule has 0 heterocycles. The maximum atomic E-state index is 12.2. The molecule has 2 atom stereocenters. The van der Waals surface area contributed by atoms with Gasteiger partial charge in [0, 0.05) is 13.6 Å². The second-order valence-electron chi connectivity index (χ2n) is 5.28. The summed E-state index contributed by atoms with van der Waals surface area (Å²) in [5.74, 6) is 0.242. The Morgan fingerprint density at radius 1 is 1.21 bits per heavy atom. The molecule has 0 aliphatic rings. The van der Waals surface area contributed by atoms with E-state index in [0.717, 1.165) is 18.4 Å². The number of benzene rings is 1. The van der Waals surface area contributed by atoms with E-state index < -0.39 is 6.04 Å². The van der Waals surface area contributed by atoms with Gasteiger partial charge in [0.15, 0.2) is 0 Å². The molecule has 0 aromatic heterocycles. The van der Waals surface area contributed by atoms with E-state index in [1.54, 1.807) is 4.90 Å². The second-order valence-corrected chi connectivity index (χ2v) is 5.28. The fraction of sp³-hybridized carbons (Fsp3) is 0.562. The summed E-state index contributed by atoms with van der Waals surface area (Å²) < 4.78 is 0. The Bertz CT molecular complexity index is 400. The lowest BCUT2D eigenvalue weighted by Crippen LogP contribution is -2.45. The Labute approximate surface area is 116 Å². The van der Waals surface area contributed by atoms with Crippen LogP contribution in [0, 0.1) is 5.92 Å². The van der Waals surface area contributed by atoms with Crippen LogP contribution in [-0.2, 0) is 17.8 Å². The Kier molecular flexibility index (Phi) is 6.03.